The Morgan fingerprint density at radius 2 is 2.14 bits per heavy atom. The summed E-state index contributed by atoms with van der Waals surface area (Å²) in [6, 6.07) is 7.47. The molecule has 0 amide bonds. The summed E-state index contributed by atoms with van der Waals surface area (Å²) in [6.45, 7) is 1.91. The zero-order chi connectivity index (χ0) is 15.9. The maximum Gasteiger partial charge on any atom is 0.184 e. The van der Waals surface area contributed by atoms with Gasteiger partial charge in [0.05, 0.1) is 16.2 Å². The monoisotopic (exact) mass is 351 g/mol. The summed E-state index contributed by atoms with van der Waals surface area (Å²) in [6.07, 6.45) is 3.45. The number of aliphatic imine (C=N–C) groups is 2. The smallest absolute Gasteiger partial charge is 0.184 e. The molecule has 0 aromatic heterocycles. The molecule has 1 aromatic rings. The fraction of sp³-hybridized carbons (Fsp3) is 0.214. The number of halogens is 2. The van der Waals surface area contributed by atoms with Crippen LogP contribution in [0.2, 0.25) is 10.0 Å². The van der Waals surface area contributed by atoms with Gasteiger partial charge in [0, 0.05) is 0 Å². The van der Waals surface area contributed by atoms with Crippen LogP contribution in [0.15, 0.2) is 40.0 Å². The first-order chi connectivity index (χ1) is 10.5. The van der Waals surface area contributed by atoms with Crippen molar-refractivity contribution < 1.29 is 0 Å². The SMILES string of the molecule is CSC1=NC=C(C#N)C2=NC(C)(c3ccc(Cl)c(Cl)c3)NN12. The minimum Gasteiger partial charge on any atom is -0.237 e. The first-order valence-electron chi connectivity index (χ1n) is 6.34. The van der Waals surface area contributed by atoms with Crippen molar-refractivity contribution in [2.24, 2.45) is 9.98 Å². The lowest BCUT2D eigenvalue weighted by molar-refractivity contribution is 0.311. The molecule has 2 aliphatic rings. The molecule has 0 aliphatic carbocycles. The number of nitrogens with one attached hydrogen (secondary N) is 1. The van der Waals surface area contributed by atoms with E-state index in [0.29, 0.717) is 21.5 Å². The molecule has 2 aliphatic heterocycles. The van der Waals surface area contributed by atoms with E-state index in [0.717, 1.165) is 10.7 Å². The number of hydrogen-bond acceptors (Lipinski definition) is 6. The van der Waals surface area contributed by atoms with Crippen molar-refractivity contribution >= 4 is 46.0 Å². The van der Waals surface area contributed by atoms with Gasteiger partial charge in [-0.25, -0.2) is 15.0 Å². The molecular formula is C14H11Cl2N5S. The molecule has 5 nitrogen and oxygen atoms in total. The zero-order valence-electron chi connectivity index (χ0n) is 11.8. The Kier molecular flexibility index (Phi) is 3.91. The van der Waals surface area contributed by atoms with Gasteiger partial charge in [-0.05, 0) is 30.9 Å². The minimum atomic E-state index is -0.750. The van der Waals surface area contributed by atoms with Gasteiger partial charge in [-0.15, -0.1) is 0 Å². The van der Waals surface area contributed by atoms with Crippen LogP contribution in [-0.4, -0.2) is 22.3 Å². The third-order valence-electron chi connectivity index (χ3n) is 3.39. The number of nitriles is 1. The highest BCUT2D eigenvalue weighted by Gasteiger charge is 2.41. The summed E-state index contributed by atoms with van der Waals surface area (Å²) in [5.74, 6) is 0.551. The maximum absolute atomic E-state index is 9.25. The first kappa shape index (κ1) is 15.4. The topological polar surface area (TPSA) is 63.8 Å². The predicted molar refractivity (Wildman–Crippen MR) is 90.9 cm³/mol. The van der Waals surface area contributed by atoms with Gasteiger partial charge < -0.3 is 0 Å². The highest BCUT2D eigenvalue weighted by atomic mass is 35.5. The van der Waals surface area contributed by atoms with Crippen LogP contribution in [0, 0.1) is 11.3 Å². The Balaban J connectivity index is 2.07. The summed E-state index contributed by atoms with van der Waals surface area (Å²) in [7, 11) is 0. The third-order valence-corrected chi connectivity index (χ3v) is 4.78. The standard InChI is InChI=1S/C14H11Cl2N5S/c1-14(9-3-4-10(15)11(16)5-9)19-12-8(6-17)7-18-13(22-2)21(12)20-14/h3-5,7,20H,1-2H3. The van der Waals surface area contributed by atoms with E-state index in [1.54, 1.807) is 17.1 Å². The average molecular weight is 352 g/mol. The Morgan fingerprint density at radius 3 is 2.77 bits per heavy atom. The van der Waals surface area contributed by atoms with Gasteiger partial charge in [0.15, 0.2) is 16.7 Å². The van der Waals surface area contributed by atoms with Gasteiger partial charge in [-0.1, -0.05) is 41.0 Å². The van der Waals surface area contributed by atoms with Crippen LogP contribution in [0.4, 0.5) is 0 Å². The van der Waals surface area contributed by atoms with Crippen molar-refractivity contribution in [1.29, 1.82) is 5.26 Å². The van der Waals surface area contributed by atoms with E-state index in [1.807, 2.05) is 19.2 Å². The molecule has 0 bridgehead atoms. The van der Waals surface area contributed by atoms with Crippen LogP contribution in [0.5, 0.6) is 0 Å². The van der Waals surface area contributed by atoms with E-state index in [1.165, 1.54) is 18.0 Å². The molecule has 0 saturated carbocycles. The van der Waals surface area contributed by atoms with E-state index in [4.69, 9.17) is 23.2 Å². The summed E-state index contributed by atoms with van der Waals surface area (Å²) >= 11 is 13.5. The number of benzene rings is 1. The summed E-state index contributed by atoms with van der Waals surface area (Å²) < 4.78 is 0. The molecule has 0 radical (unpaired) electrons. The normalized spacial score (nSPS) is 23.4. The lowest BCUT2D eigenvalue weighted by Crippen LogP contribution is -2.48. The van der Waals surface area contributed by atoms with Crippen molar-refractivity contribution in [1.82, 2.24) is 10.4 Å². The van der Waals surface area contributed by atoms with Crippen LogP contribution >= 0.6 is 35.0 Å². The van der Waals surface area contributed by atoms with Crippen LogP contribution in [0.25, 0.3) is 0 Å². The molecular weight excluding hydrogens is 341 g/mol. The molecule has 2 heterocycles. The average Bonchev–Trinajstić information content (AvgIpc) is 2.87. The third kappa shape index (κ3) is 2.40. The molecule has 112 valence electrons. The van der Waals surface area contributed by atoms with Gasteiger partial charge in [0.1, 0.15) is 11.6 Å². The molecule has 0 spiro atoms. The molecule has 8 heteroatoms. The number of nitrogens with zero attached hydrogens (tertiary/aromatic N) is 4. The van der Waals surface area contributed by atoms with Gasteiger partial charge in [0.25, 0.3) is 0 Å². The van der Waals surface area contributed by atoms with Crippen LogP contribution in [-0.2, 0) is 5.66 Å². The summed E-state index contributed by atoms with van der Waals surface area (Å²) in [5.41, 5.74) is 3.79. The molecule has 1 aromatic carbocycles. The second kappa shape index (κ2) is 5.60. The number of fused-ring (bicyclic) bond motifs is 1. The van der Waals surface area contributed by atoms with Crippen molar-refractivity contribution in [2.45, 2.75) is 12.6 Å². The number of amidine groups is 2. The summed E-state index contributed by atoms with van der Waals surface area (Å²) in [4.78, 5) is 8.94. The molecule has 22 heavy (non-hydrogen) atoms. The number of thioether (sulfide) groups is 1. The Bertz CT molecular complexity index is 780. The van der Waals surface area contributed by atoms with E-state index in [2.05, 4.69) is 21.5 Å². The lowest BCUT2D eigenvalue weighted by atomic mass is 10.0. The predicted octanol–water partition coefficient (Wildman–Crippen LogP) is 3.52. The fourth-order valence-corrected chi connectivity index (χ4v) is 3.03. The molecule has 3 rings (SSSR count). The van der Waals surface area contributed by atoms with E-state index in [9.17, 15) is 5.26 Å². The van der Waals surface area contributed by atoms with Gasteiger partial charge in [0.2, 0.25) is 0 Å². The molecule has 0 fully saturated rings. The van der Waals surface area contributed by atoms with Crippen LogP contribution in [0.3, 0.4) is 0 Å². The van der Waals surface area contributed by atoms with Crippen molar-refractivity contribution in [2.75, 3.05) is 6.26 Å². The van der Waals surface area contributed by atoms with E-state index >= 15 is 0 Å². The Hall–Kier alpha value is -1.52. The van der Waals surface area contributed by atoms with E-state index < -0.39 is 5.66 Å². The van der Waals surface area contributed by atoms with Crippen LogP contribution in [0.1, 0.15) is 12.5 Å². The molecule has 0 saturated heterocycles. The second-order valence-electron chi connectivity index (χ2n) is 4.85. The van der Waals surface area contributed by atoms with Crippen LogP contribution < -0.4 is 5.43 Å². The lowest BCUT2D eigenvalue weighted by Gasteiger charge is -2.27. The molecule has 1 atom stereocenters. The number of hydrogen-bond donors (Lipinski definition) is 1. The fourth-order valence-electron chi connectivity index (χ4n) is 2.26. The first-order valence-corrected chi connectivity index (χ1v) is 8.32. The van der Waals surface area contributed by atoms with Gasteiger partial charge >= 0.3 is 0 Å². The van der Waals surface area contributed by atoms with Crippen molar-refractivity contribution in [3.05, 3.63) is 45.6 Å². The van der Waals surface area contributed by atoms with E-state index in [-0.39, 0.29) is 0 Å². The molecule has 1 unspecified atom stereocenters. The highest BCUT2D eigenvalue weighted by molar-refractivity contribution is 8.13. The Labute approximate surface area is 142 Å². The van der Waals surface area contributed by atoms with Gasteiger partial charge in [-0.2, -0.15) is 10.7 Å². The highest BCUT2D eigenvalue weighted by Crippen LogP contribution is 2.34. The second-order valence-corrected chi connectivity index (χ2v) is 6.44. The zero-order valence-corrected chi connectivity index (χ0v) is 14.1. The van der Waals surface area contributed by atoms with Gasteiger partial charge in [-0.3, -0.25) is 0 Å². The van der Waals surface area contributed by atoms with Crippen molar-refractivity contribution in [3.63, 3.8) is 0 Å². The molecule has 1 N–H and O–H groups in total. The van der Waals surface area contributed by atoms with Crippen molar-refractivity contribution in [3.8, 4) is 6.07 Å². The maximum atomic E-state index is 9.25. The largest absolute Gasteiger partial charge is 0.237 e. The Morgan fingerprint density at radius 1 is 1.36 bits per heavy atom. The number of rotatable bonds is 1. The number of hydrazine groups is 1. The quantitative estimate of drug-likeness (QED) is 0.840. The minimum absolute atomic E-state index is 0.411. The summed E-state index contributed by atoms with van der Waals surface area (Å²) in [5, 5.41) is 12.6.